The number of hydrogen-bond acceptors (Lipinski definition) is 5. The largest absolute Gasteiger partial charge is 0.497 e. The maximum atomic E-state index is 13.3. The smallest absolute Gasteiger partial charge is 0.253 e. The van der Waals surface area contributed by atoms with Crippen molar-refractivity contribution in [2.45, 2.75) is 11.8 Å². The molecule has 1 aliphatic heterocycles. The van der Waals surface area contributed by atoms with Crippen LogP contribution in [0.1, 0.15) is 27.9 Å². The van der Waals surface area contributed by atoms with Crippen LogP contribution in [0.3, 0.4) is 0 Å². The summed E-state index contributed by atoms with van der Waals surface area (Å²) < 4.78 is 11.5. The van der Waals surface area contributed by atoms with E-state index >= 15 is 0 Å². The number of pyridine rings is 1. The van der Waals surface area contributed by atoms with Gasteiger partial charge in [0.2, 0.25) is 5.56 Å². The first-order valence-electron chi connectivity index (χ1n) is 12.4. The second kappa shape index (κ2) is 10.7. The zero-order valence-corrected chi connectivity index (χ0v) is 21.0. The Bertz CT molecular complexity index is 1520. The number of carbonyl (C=O) groups is 1. The predicted octanol–water partition coefficient (Wildman–Crippen LogP) is 4.79. The topological polar surface area (TPSA) is 95.4 Å². The molecule has 1 fully saturated rings. The summed E-state index contributed by atoms with van der Waals surface area (Å²) in [7, 11) is 1.59. The molecule has 7 nitrogen and oxygen atoms in total. The Balaban J connectivity index is 1.34. The summed E-state index contributed by atoms with van der Waals surface area (Å²) in [5, 5.41) is 9.02. The number of benzene rings is 3. The van der Waals surface area contributed by atoms with Gasteiger partial charge < -0.3 is 19.4 Å². The second-order valence-corrected chi connectivity index (χ2v) is 9.43. The van der Waals surface area contributed by atoms with Crippen LogP contribution in [0.4, 0.5) is 0 Å². The maximum absolute atomic E-state index is 13.3. The molecule has 1 aromatic heterocycles. The van der Waals surface area contributed by atoms with Gasteiger partial charge in [-0.15, -0.1) is 0 Å². The van der Waals surface area contributed by atoms with Gasteiger partial charge in [0, 0.05) is 36.3 Å². The van der Waals surface area contributed by atoms with Crippen LogP contribution in [-0.2, 0) is 5.41 Å². The normalized spacial score (nSPS) is 16.6. The molecule has 1 aliphatic rings. The number of carbonyl (C=O) groups excluding carboxylic acids is 1. The molecule has 5 rings (SSSR count). The molecule has 0 aliphatic carbocycles. The molecular formula is C31H27N3O4. The van der Waals surface area contributed by atoms with E-state index in [4.69, 9.17) is 14.7 Å². The highest BCUT2D eigenvalue weighted by atomic mass is 16.5. The summed E-state index contributed by atoms with van der Waals surface area (Å²) in [5.74, 6) is 1.33. The Morgan fingerprint density at radius 2 is 1.63 bits per heavy atom. The molecule has 0 saturated carbocycles. The first kappa shape index (κ1) is 24.8. The zero-order chi connectivity index (χ0) is 26.5. The monoisotopic (exact) mass is 505 g/mol. The highest BCUT2D eigenvalue weighted by Gasteiger charge is 2.42. The Labute approximate surface area is 220 Å². The standard InChI is InChI=1S/C31H27N3O4/c1-37-27-10-8-25(9-11-27)30(36)34-17-15-31(20-34,26-14-16-33-29(35)18-26)21-38-28-12-6-24(7-13-28)23-4-2-22(19-32)3-5-23/h2-14,16,18H,15,17,20-21H2,1H3,(H,33,35). The van der Waals surface area contributed by atoms with Crippen LogP contribution < -0.4 is 15.0 Å². The number of nitriles is 1. The first-order chi connectivity index (χ1) is 18.5. The lowest BCUT2D eigenvalue weighted by Crippen LogP contribution is -2.39. The van der Waals surface area contributed by atoms with Crippen LogP contribution >= 0.6 is 0 Å². The number of ether oxygens (including phenoxy) is 2. The SMILES string of the molecule is COc1ccc(C(=O)N2CCC(COc3ccc(-c4ccc(C#N)cc4)cc3)(c3cc[nH]c(=O)c3)C2)cc1. The number of rotatable bonds is 7. The number of aromatic amines is 1. The molecule has 4 aromatic rings. The lowest BCUT2D eigenvalue weighted by Gasteiger charge is -2.30. The Kier molecular flexibility index (Phi) is 6.96. The van der Waals surface area contributed by atoms with E-state index in [1.54, 1.807) is 55.8 Å². The molecule has 1 saturated heterocycles. The average Bonchev–Trinajstić information content (AvgIpc) is 3.42. The molecule has 0 spiro atoms. The summed E-state index contributed by atoms with van der Waals surface area (Å²) in [6, 6.07) is 27.9. The van der Waals surface area contributed by atoms with Crippen molar-refractivity contribution < 1.29 is 14.3 Å². The van der Waals surface area contributed by atoms with E-state index in [1.165, 1.54) is 0 Å². The minimum absolute atomic E-state index is 0.0638. The van der Waals surface area contributed by atoms with Crippen LogP contribution in [0.5, 0.6) is 11.5 Å². The molecule has 2 heterocycles. The van der Waals surface area contributed by atoms with Crippen molar-refractivity contribution in [1.29, 1.82) is 5.26 Å². The van der Waals surface area contributed by atoms with Crippen LogP contribution in [0.25, 0.3) is 11.1 Å². The van der Waals surface area contributed by atoms with Crippen molar-refractivity contribution >= 4 is 5.91 Å². The van der Waals surface area contributed by atoms with Gasteiger partial charge in [-0.05, 0) is 77.7 Å². The number of aromatic nitrogens is 1. The number of nitrogens with one attached hydrogen (secondary N) is 1. The number of nitrogens with zero attached hydrogens (tertiary/aromatic N) is 2. The molecule has 0 radical (unpaired) electrons. The fraction of sp³-hybridized carbons (Fsp3) is 0.194. The van der Waals surface area contributed by atoms with Gasteiger partial charge in [0.05, 0.1) is 25.3 Å². The van der Waals surface area contributed by atoms with Crippen molar-refractivity contribution in [2.75, 3.05) is 26.8 Å². The number of hydrogen-bond donors (Lipinski definition) is 1. The van der Waals surface area contributed by atoms with Crippen LogP contribution in [0.2, 0.25) is 0 Å². The molecule has 0 bridgehead atoms. The summed E-state index contributed by atoms with van der Waals surface area (Å²) >= 11 is 0. The lowest BCUT2D eigenvalue weighted by molar-refractivity contribution is 0.0776. The first-order valence-corrected chi connectivity index (χ1v) is 12.4. The van der Waals surface area contributed by atoms with Gasteiger partial charge in [-0.2, -0.15) is 5.26 Å². The highest BCUT2D eigenvalue weighted by molar-refractivity contribution is 5.94. The molecule has 1 N–H and O–H groups in total. The summed E-state index contributed by atoms with van der Waals surface area (Å²) in [5.41, 5.74) is 3.38. The van der Waals surface area contributed by atoms with Crippen molar-refractivity contribution in [3.05, 3.63) is 118 Å². The molecule has 190 valence electrons. The van der Waals surface area contributed by atoms with Gasteiger partial charge in [-0.3, -0.25) is 9.59 Å². The number of H-pyrrole nitrogens is 1. The van der Waals surface area contributed by atoms with E-state index < -0.39 is 5.41 Å². The third-order valence-corrected chi connectivity index (χ3v) is 7.08. The molecule has 1 amide bonds. The van der Waals surface area contributed by atoms with Crippen molar-refractivity contribution in [1.82, 2.24) is 9.88 Å². The molecule has 7 heteroatoms. The number of methoxy groups -OCH3 is 1. The molecule has 1 atom stereocenters. The van der Waals surface area contributed by atoms with Gasteiger partial charge in [0.25, 0.3) is 5.91 Å². The van der Waals surface area contributed by atoms with Crippen molar-refractivity contribution in [3.8, 4) is 28.7 Å². The van der Waals surface area contributed by atoms with Gasteiger partial charge >= 0.3 is 0 Å². The van der Waals surface area contributed by atoms with Gasteiger partial charge in [-0.1, -0.05) is 24.3 Å². The van der Waals surface area contributed by atoms with E-state index in [-0.39, 0.29) is 11.5 Å². The Morgan fingerprint density at radius 1 is 0.974 bits per heavy atom. The quantitative estimate of drug-likeness (QED) is 0.390. The predicted molar refractivity (Wildman–Crippen MR) is 144 cm³/mol. The van der Waals surface area contributed by atoms with E-state index in [0.717, 1.165) is 16.7 Å². The third-order valence-electron chi connectivity index (χ3n) is 7.08. The van der Waals surface area contributed by atoms with Crippen LogP contribution in [0, 0.1) is 11.3 Å². The highest BCUT2D eigenvalue weighted by Crippen LogP contribution is 2.36. The van der Waals surface area contributed by atoms with Crippen LogP contribution in [-0.4, -0.2) is 42.6 Å². The molecule has 38 heavy (non-hydrogen) atoms. The maximum Gasteiger partial charge on any atom is 0.253 e. The number of amides is 1. The lowest BCUT2D eigenvalue weighted by atomic mass is 9.81. The summed E-state index contributed by atoms with van der Waals surface area (Å²) in [6.45, 7) is 1.31. The summed E-state index contributed by atoms with van der Waals surface area (Å²) in [6.07, 6.45) is 2.31. The minimum atomic E-state index is -0.526. The third kappa shape index (κ3) is 5.16. The van der Waals surface area contributed by atoms with E-state index in [9.17, 15) is 9.59 Å². The molecule has 1 unspecified atom stereocenters. The van der Waals surface area contributed by atoms with E-state index in [2.05, 4.69) is 11.1 Å². The van der Waals surface area contributed by atoms with E-state index in [0.29, 0.717) is 48.7 Å². The van der Waals surface area contributed by atoms with E-state index in [1.807, 2.05) is 47.4 Å². The molecule has 3 aromatic carbocycles. The fourth-order valence-corrected chi connectivity index (χ4v) is 4.88. The second-order valence-electron chi connectivity index (χ2n) is 9.43. The Morgan fingerprint density at radius 3 is 2.26 bits per heavy atom. The van der Waals surface area contributed by atoms with Gasteiger partial charge in [0.1, 0.15) is 11.5 Å². The van der Waals surface area contributed by atoms with Gasteiger partial charge in [0.15, 0.2) is 0 Å². The van der Waals surface area contributed by atoms with Gasteiger partial charge in [-0.25, -0.2) is 0 Å². The number of likely N-dealkylation sites (tertiary alicyclic amines) is 1. The average molecular weight is 506 g/mol. The summed E-state index contributed by atoms with van der Waals surface area (Å²) in [4.78, 5) is 29.9. The molecular weight excluding hydrogens is 478 g/mol. The zero-order valence-electron chi connectivity index (χ0n) is 21.0. The van der Waals surface area contributed by atoms with Crippen molar-refractivity contribution in [3.63, 3.8) is 0 Å². The van der Waals surface area contributed by atoms with Crippen molar-refractivity contribution in [2.24, 2.45) is 0 Å². The fourth-order valence-electron chi connectivity index (χ4n) is 4.88. The minimum Gasteiger partial charge on any atom is -0.497 e. The van der Waals surface area contributed by atoms with Crippen LogP contribution in [0.15, 0.2) is 95.9 Å². The Hall–Kier alpha value is -4.83.